The SMILES string of the molecule is [3H]OCc1ccc(CC(C#N)N=C(c2ccccc2)c2ccccc2)cc1. The van der Waals surface area contributed by atoms with Crippen molar-refractivity contribution in [3.05, 3.63) is 107 Å². The molecule has 3 rings (SSSR count). The number of benzene rings is 3. The Morgan fingerprint density at radius 1 is 0.885 bits per heavy atom. The van der Waals surface area contributed by atoms with Crippen molar-refractivity contribution in [2.75, 3.05) is 0 Å². The average molecular weight is 342 g/mol. The molecule has 0 aliphatic rings. The predicted octanol–water partition coefficient (Wildman–Crippen LogP) is 4.15. The third-order valence-electron chi connectivity index (χ3n) is 4.15. The summed E-state index contributed by atoms with van der Waals surface area (Å²) >= 11 is 0. The van der Waals surface area contributed by atoms with Gasteiger partial charge in [-0.25, -0.2) is 0 Å². The number of nitriles is 1. The van der Waals surface area contributed by atoms with Crippen molar-refractivity contribution in [2.45, 2.75) is 19.1 Å². The molecule has 0 saturated carbocycles. The fourth-order valence-corrected chi connectivity index (χ4v) is 2.78. The van der Waals surface area contributed by atoms with Gasteiger partial charge < -0.3 is 5.11 Å². The van der Waals surface area contributed by atoms with Crippen LogP contribution < -0.4 is 0 Å². The Balaban J connectivity index is 1.89. The van der Waals surface area contributed by atoms with Gasteiger partial charge >= 0.3 is 0 Å². The van der Waals surface area contributed by atoms with Crippen LogP contribution in [0, 0.1) is 11.3 Å². The Hall–Kier alpha value is -3.22. The van der Waals surface area contributed by atoms with Crippen molar-refractivity contribution in [2.24, 2.45) is 4.99 Å². The van der Waals surface area contributed by atoms with Gasteiger partial charge in [-0.1, -0.05) is 84.9 Å². The molecule has 1 atom stereocenters. The number of nitrogens with zero attached hydrogens (tertiary/aromatic N) is 2. The molecule has 0 amide bonds. The van der Waals surface area contributed by atoms with Crippen LogP contribution in [-0.2, 0) is 13.0 Å². The summed E-state index contributed by atoms with van der Waals surface area (Å²) in [4.78, 5) is 4.79. The van der Waals surface area contributed by atoms with E-state index in [0.29, 0.717) is 6.42 Å². The summed E-state index contributed by atoms with van der Waals surface area (Å²) in [5.41, 5.74) is 4.76. The van der Waals surface area contributed by atoms with Gasteiger partial charge in [0.05, 0.1) is 18.4 Å². The number of aliphatic hydroxyl groups excluding tert-OH is 1. The van der Waals surface area contributed by atoms with E-state index in [1.807, 2.05) is 84.9 Å². The monoisotopic (exact) mass is 342 g/mol. The molecular formula is C23H20N2O. The molecule has 128 valence electrons. The molecule has 0 spiro atoms. The molecule has 3 aromatic carbocycles. The molecule has 26 heavy (non-hydrogen) atoms. The second-order valence-electron chi connectivity index (χ2n) is 6.02. The van der Waals surface area contributed by atoms with E-state index in [4.69, 9.17) is 6.42 Å². The van der Waals surface area contributed by atoms with Gasteiger partial charge in [-0.05, 0) is 11.1 Å². The van der Waals surface area contributed by atoms with E-state index in [9.17, 15) is 5.26 Å². The fraction of sp³-hybridized carbons (Fsp3) is 0.130. The van der Waals surface area contributed by atoms with E-state index >= 15 is 0 Å². The lowest BCUT2D eigenvalue weighted by molar-refractivity contribution is 0.282. The Labute approximate surface area is 155 Å². The maximum Gasteiger partial charge on any atom is 0.211 e. The summed E-state index contributed by atoms with van der Waals surface area (Å²) in [5.74, 6) is 0. The lowest BCUT2D eigenvalue weighted by Crippen LogP contribution is -2.12. The smallest absolute Gasteiger partial charge is 0.211 e. The van der Waals surface area contributed by atoms with E-state index in [1.54, 1.807) is 0 Å². The van der Waals surface area contributed by atoms with E-state index in [0.717, 1.165) is 28.0 Å². The van der Waals surface area contributed by atoms with Gasteiger partial charge in [0, 0.05) is 17.5 Å². The number of hydrogen-bond donors (Lipinski definition) is 1. The van der Waals surface area contributed by atoms with Crippen LogP contribution in [0.5, 0.6) is 0 Å². The third kappa shape index (κ3) is 4.44. The molecule has 1 N–H and O–H groups in total. The van der Waals surface area contributed by atoms with E-state index in [2.05, 4.69) is 11.2 Å². The fourth-order valence-electron chi connectivity index (χ4n) is 2.78. The molecule has 0 aromatic heterocycles. The second kappa shape index (κ2) is 8.75. The minimum Gasteiger partial charge on any atom is -0.392 e. The van der Waals surface area contributed by atoms with Crippen LogP contribution in [0.3, 0.4) is 0 Å². The molecule has 3 aromatic rings. The van der Waals surface area contributed by atoms with Gasteiger partial charge in [0.2, 0.25) is 1.43 Å². The van der Waals surface area contributed by atoms with Crippen LogP contribution in [0.15, 0.2) is 89.9 Å². The molecule has 0 aliphatic carbocycles. The van der Waals surface area contributed by atoms with Crippen molar-refractivity contribution in [1.29, 1.82) is 6.69 Å². The van der Waals surface area contributed by atoms with Gasteiger partial charge in [0.25, 0.3) is 0 Å². The molecule has 0 radical (unpaired) electrons. The van der Waals surface area contributed by atoms with Crippen LogP contribution in [0.25, 0.3) is 0 Å². The highest BCUT2D eigenvalue weighted by Gasteiger charge is 2.12. The molecule has 0 aliphatic heterocycles. The van der Waals surface area contributed by atoms with Gasteiger partial charge in [-0.3, -0.25) is 4.99 Å². The van der Waals surface area contributed by atoms with Gasteiger partial charge in [0.1, 0.15) is 6.04 Å². The van der Waals surface area contributed by atoms with Crippen LogP contribution >= 0.6 is 0 Å². The molecule has 0 fully saturated rings. The minimum atomic E-state index is -0.487. The van der Waals surface area contributed by atoms with Gasteiger partial charge in [0.15, 0.2) is 0 Å². The number of aliphatic hydroxyl groups is 1. The molecule has 0 heterocycles. The first-order valence-corrected chi connectivity index (χ1v) is 8.54. The second-order valence-corrected chi connectivity index (χ2v) is 6.02. The van der Waals surface area contributed by atoms with Crippen molar-refractivity contribution < 1.29 is 5.11 Å². The molecule has 1 unspecified atom stereocenters. The van der Waals surface area contributed by atoms with Crippen molar-refractivity contribution in [3.63, 3.8) is 0 Å². The largest absolute Gasteiger partial charge is 0.392 e. The van der Waals surface area contributed by atoms with Gasteiger partial charge in [-0.15, -0.1) is 0 Å². The average Bonchev–Trinajstić information content (AvgIpc) is 2.74. The first-order chi connectivity index (χ1) is 13.3. The zero-order valence-electron chi connectivity index (χ0n) is 15.4. The maximum absolute atomic E-state index is 9.67. The zero-order valence-corrected chi connectivity index (χ0v) is 14.4. The van der Waals surface area contributed by atoms with Crippen LogP contribution in [0.1, 0.15) is 22.3 Å². The maximum atomic E-state index is 9.67. The standard InChI is InChI=1S/C23H20N2O/c24-16-22(15-18-11-13-19(17-26)14-12-18)25-23(20-7-3-1-4-8-20)21-9-5-2-6-10-21/h1-14,22,26H,15,17H2/i26T. The highest BCUT2D eigenvalue weighted by Crippen LogP contribution is 2.15. The first kappa shape index (κ1) is 16.3. The number of rotatable bonds is 7. The first-order valence-electron chi connectivity index (χ1n) is 8.95. The Morgan fingerprint density at radius 2 is 1.42 bits per heavy atom. The number of aliphatic imine (C=N–C) groups is 1. The van der Waals surface area contributed by atoms with Crippen LogP contribution in [-0.4, -0.2) is 18.3 Å². The van der Waals surface area contributed by atoms with Crippen molar-refractivity contribution in [1.82, 2.24) is 0 Å². The van der Waals surface area contributed by atoms with Crippen LogP contribution in [0.4, 0.5) is 0 Å². The summed E-state index contributed by atoms with van der Waals surface area (Å²) in [6.07, 6.45) is 0.529. The Bertz CT molecular complexity index is 875. The normalized spacial score (nSPS) is 11.9. The molecule has 3 heteroatoms. The highest BCUT2D eigenvalue weighted by molar-refractivity contribution is 6.13. The lowest BCUT2D eigenvalue weighted by Gasteiger charge is -2.11. The Kier molecular flexibility index (Phi) is 5.47. The van der Waals surface area contributed by atoms with Crippen LogP contribution in [0.2, 0.25) is 0 Å². The van der Waals surface area contributed by atoms with Crippen molar-refractivity contribution >= 4 is 5.71 Å². The third-order valence-corrected chi connectivity index (χ3v) is 4.15. The summed E-state index contributed by atoms with van der Waals surface area (Å²) in [5, 5.41) is 14.1. The van der Waals surface area contributed by atoms with Gasteiger partial charge in [-0.2, -0.15) is 5.26 Å². The summed E-state index contributed by atoms with van der Waals surface area (Å²) < 4.78 is 6.82. The van der Waals surface area contributed by atoms with Crippen molar-refractivity contribution in [3.8, 4) is 6.07 Å². The summed E-state index contributed by atoms with van der Waals surface area (Å²) in [6, 6.07) is 29.4. The minimum absolute atomic E-state index is 0.256. The van der Waals surface area contributed by atoms with E-state index in [-0.39, 0.29) is 6.61 Å². The highest BCUT2D eigenvalue weighted by atomic mass is 16.3. The Morgan fingerprint density at radius 3 is 1.92 bits per heavy atom. The van der Waals surface area contributed by atoms with E-state index in [1.165, 1.54) is 0 Å². The lowest BCUT2D eigenvalue weighted by atomic mass is 10.0. The molecule has 0 saturated heterocycles. The summed E-state index contributed by atoms with van der Waals surface area (Å²) in [6.45, 7) is 0.256. The number of hydrogen-bond acceptors (Lipinski definition) is 3. The van der Waals surface area contributed by atoms with E-state index < -0.39 is 6.04 Å². The predicted molar refractivity (Wildman–Crippen MR) is 104 cm³/mol. The zero-order chi connectivity index (χ0) is 18.9. The topological polar surface area (TPSA) is 56.4 Å². The summed E-state index contributed by atoms with van der Waals surface area (Å²) in [7, 11) is 0. The molecule has 3 nitrogen and oxygen atoms in total. The quantitative estimate of drug-likeness (QED) is 0.656. The molecular weight excluding hydrogens is 320 g/mol. The molecule has 0 bridgehead atoms.